The molecule has 120 valence electrons. The number of nitrogens with zero attached hydrogens (tertiary/aromatic N) is 3. The Morgan fingerprint density at radius 3 is 2.70 bits per heavy atom. The predicted octanol–water partition coefficient (Wildman–Crippen LogP) is 2.18. The molecule has 1 heterocycles. The molecule has 0 aromatic heterocycles. The molecule has 2 aliphatic rings. The van der Waals surface area contributed by atoms with Gasteiger partial charge < -0.3 is 5.32 Å². The first-order valence-electron chi connectivity index (χ1n) is 7.47. The summed E-state index contributed by atoms with van der Waals surface area (Å²) in [6.07, 6.45) is 5.39. The van der Waals surface area contributed by atoms with Crippen LogP contribution in [0.4, 0.5) is 10.5 Å². The van der Waals surface area contributed by atoms with Crippen molar-refractivity contribution in [3.8, 4) is 0 Å². The number of hydrogen-bond donors (Lipinski definition) is 1. The number of rotatable bonds is 3. The second-order valence-corrected chi connectivity index (χ2v) is 5.79. The fraction of sp³-hybridized carbons (Fsp3) is 0.400. The first-order valence-corrected chi connectivity index (χ1v) is 7.47. The quantitative estimate of drug-likeness (QED) is 0.399. The van der Waals surface area contributed by atoms with Crippen LogP contribution in [0.2, 0.25) is 0 Å². The summed E-state index contributed by atoms with van der Waals surface area (Å²) in [5.41, 5.74) is -0.450. The molecule has 8 nitrogen and oxygen atoms in total. The smallest absolute Gasteiger partial charge is 0.321 e. The Balaban J connectivity index is 1.79. The molecule has 0 radical (unpaired) electrons. The SMILES string of the molecule is O=C1NC2(CCCCC2)C(=O)N1N=Cc1cccc([N+](=O)[O-])c1. The maximum Gasteiger partial charge on any atom is 0.346 e. The molecule has 23 heavy (non-hydrogen) atoms. The molecular weight excluding hydrogens is 300 g/mol. The minimum Gasteiger partial charge on any atom is -0.321 e. The van der Waals surface area contributed by atoms with E-state index < -0.39 is 16.5 Å². The lowest BCUT2D eigenvalue weighted by atomic mass is 9.82. The van der Waals surface area contributed by atoms with Crippen LogP contribution in [0, 0.1) is 10.1 Å². The van der Waals surface area contributed by atoms with E-state index in [9.17, 15) is 19.7 Å². The number of nitro groups is 1. The summed E-state index contributed by atoms with van der Waals surface area (Å²) in [5.74, 6) is -0.344. The van der Waals surface area contributed by atoms with Crippen LogP contribution in [0.5, 0.6) is 0 Å². The number of amides is 3. The first kappa shape index (κ1) is 15.1. The summed E-state index contributed by atoms with van der Waals surface area (Å²) in [7, 11) is 0. The average molecular weight is 316 g/mol. The fourth-order valence-electron chi connectivity index (χ4n) is 3.05. The zero-order valence-electron chi connectivity index (χ0n) is 12.4. The minimum atomic E-state index is -0.824. The van der Waals surface area contributed by atoms with Gasteiger partial charge in [0, 0.05) is 17.7 Å². The van der Waals surface area contributed by atoms with Gasteiger partial charge in [0.05, 0.1) is 11.1 Å². The Morgan fingerprint density at radius 2 is 2.00 bits per heavy atom. The van der Waals surface area contributed by atoms with E-state index in [0.29, 0.717) is 18.4 Å². The van der Waals surface area contributed by atoms with Crippen molar-refractivity contribution in [2.75, 3.05) is 0 Å². The zero-order chi connectivity index (χ0) is 16.4. The van der Waals surface area contributed by atoms with E-state index in [1.165, 1.54) is 24.4 Å². The lowest BCUT2D eigenvalue weighted by Gasteiger charge is -2.29. The van der Waals surface area contributed by atoms with Crippen LogP contribution in [-0.4, -0.2) is 33.6 Å². The van der Waals surface area contributed by atoms with Gasteiger partial charge in [0.15, 0.2) is 0 Å². The molecule has 1 saturated heterocycles. The van der Waals surface area contributed by atoms with E-state index in [1.807, 2.05) is 0 Å². The van der Waals surface area contributed by atoms with Crippen molar-refractivity contribution in [2.45, 2.75) is 37.6 Å². The number of carbonyl (C=O) groups excluding carboxylic acids is 2. The van der Waals surface area contributed by atoms with Crippen LogP contribution in [0.3, 0.4) is 0 Å². The van der Waals surface area contributed by atoms with Crippen LogP contribution in [-0.2, 0) is 4.79 Å². The lowest BCUT2D eigenvalue weighted by molar-refractivity contribution is -0.384. The first-order chi connectivity index (χ1) is 11.0. The Hall–Kier alpha value is -2.77. The number of non-ortho nitro benzene ring substituents is 1. The molecule has 1 aliphatic heterocycles. The maximum absolute atomic E-state index is 12.5. The number of hydrazone groups is 1. The van der Waals surface area contributed by atoms with Crippen molar-refractivity contribution in [1.82, 2.24) is 10.3 Å². The highest BCUT2D eigenvalue weighted by atomic mass is 16.6. The summed E-state index contributed by atoms with van der Waals surface area (Å²) in [4.78, 5) is 34.8. The molecule has 1 N–H and O–H groups in total. The summed E-state index contributed by atoms with van der Waals surface area (Å²) in [6.45, 7) is 0. The van der Waals surface area contributed by atoms with Crippen molar-refractivity contribution in [2.24, 2.45) is 5.10 Å². The van der Waals surface area contributed by atoms with E-state index in [1.54, 1.807) is 6.07 Å². The van der Waals surface area contributed by atoms with E-state index in [-0.39, 0.29) is 11.6 Å². The van der Waals surface area contributed by atoms with Gasteiger partial charge in [-0.3, -0.25) is 14.9 Å². The monoisotopic (exact) mass is 316 g/mol. The van der Waals surface area contributed by atoms with Crippen molar-refractivity contribution < 1.29 is 14.5 Å². The number of urea groups is 1. The summed E-state index contributed by atoms with van der Waals surface area (Å²) in [6, 6.07) is 5.29. The van der Waals surface area contributed by atoms with E-state index in [2.05, 4.69) is 10.4 Å². The number of nitro benzene ring substituents is 1. The van der Waals surface area contributed by atoms with Crippen molar-refractivity contribution in [3.05, 3.63) is 39.9 Å². The second kappa shape index (κ2) is 5.79. The predicted molar refractivity (Wildman–Crippen MR) is 81.9 cm³/mol. The molecule has 0 unspecified atom stereocenters. The minimum absolute atomic E-state index is 0.0742. The number of carbonyl (C=O) groups is 2. The second-order valence-electron chi connectivity index (χ2n) is 5.79. The summed E-state index contributed by atoms with van der Waals surface area (Å²) >= 11 is 0. The molecule has 0 atom stereocenters. The number of benzene rings is 1. The highest BCUT2D eigenvalue weighted by Gasteiger charge is 2.51. The lowest BCUT2D eigenvalue weighted by Crippen LogP contribution is -2.48. The van der Waals surface area contributed by atoms with Gasteiger partial charge >= 0.3 is 6.03 Å². The normalized spacial score (nSPS) is 20.3. The zero-order valence-corrected chi connectivity index (χ0v) is 12.4. The van der Waals surface area contributed by atoms with Crippen LogP contribution in [0.15, 0.2) is 29.4 Å². The van der Waals surface area contributed by atoms with Gasteiger partial charge in [-0.25, -0.2) is 4.79 Å². The molecular formula is C15H16N4O4. The third-order valence-electron chi connectivity index (χ3n) is 4.25. The van der Waals surface area contributed by atoms with Gasteiger partial charge in [0.2, 0.25) is 0 Å². The number of nitrogens with one attached hydrogen (secondary N) is 1. The number of hydrogen-bond acceptors (Lipinski definition) is 5. The largest absolute Gasteiger partial charge is 0.346 e. The van der Waals surface area contributed by atoms with Crippen LogP contribution < -0.4 is 5.32 Å². The van der Waals surface area contributed by atoms with Gasteiger partial charge in [-0.1, -0.05) is 31.4 Å². The molecule has 2 fully saturated rings. The number of imide groups is 1. The topological polar surface area (TPSA) is 105 Å². The van der Waals surface area contributed by atoms with Gasteiger partial charge in [-0.2, -0.15) is 5.10 Å². The Labute approximate surface area is 132 Å². The standard InChI is InChI=1S/C15H16N4O4/c20-13-15(7-2-1-3-8-15)17-14(21)18(13)16-10-11-5-4-6-12(9-11)19(22)23/h4-6,9-10H,1-3,7-8H2,(H,17,21). The molecule has 0 bridgehead atoms. The van der Waals surface area contributed by atoms with Crippen LogP contribution in [0.1, 0.15) is 37.7 Å². The van der Waals surface area contributed by atoms with Gasteiger partial charge in [0.25, 0.3) is 11.6 Å². The molecule has 1 spiro atoms. The Morgan fingerprint density at radius 1 is 1.26 bits per heavy atom. The maximum atomic E-state index is 12.5. The average Bonchev–Trinajstić information content (AvgIpc) is 2.77. The van der Waals surface area contributed by atoms with Gasteiger partial charge in [-0.15, -0.1) is 5.01 Å². The van der Waals surface area contributed by atoms with Crippen molar-refractivity contribution in [1.29, 1.82) is 0 Å². The van der Waals surface area contributed by atoms with Crippen molar-refractivity contribution in [3.63, 3.8) is 0 Å². The third kappa shape index (κ3) is 2.79. The van der Waals surface area contributed by atoms with Gasteiger partial charge in [0.1, 0.15) is 5.54 Å². The Kier molecular flexibility index (Phi) is 3.81. The highest BCUT2D eigenvalue weighted by molar-refractivity contribution is 6.07. The molecule has 1 aromatic carbocycles. The van der Waals surface area contributed by atoms with Crippen LogP contribution >= 0.6 is 0 Å². The molecule has 1 aromatic rings. The highest BCUT2D eigenvalue weighted by Crippen LogP contribution is 2.33. The van der Waals surface area contributed by atoms with E-state index in [0.717, 1.165) is 24.3 Å². The Bertz CT molecular complexity index is 694. The fourth-order valence-corrected chi connectivity index (χ4v) is 3.05. The van der Waals surface area contributed by atoms with Gasteiger partial charge in [-0.05, 0) is 12.8 Å². The van der Waals surface area contributed by atoms with E-state index in [4.69, 9.17) is 0 Å². The van der Waals surface area contributed by atoms with Crippen LogP contribution in [0.25, 0.3) is 0 Å². The summed E-state index contributed by atoms with van der Waals surface area (Å²) < 4.78 is 0. The molecule has 3 amide bonds. The van der Waals surface area contributed by atoms with E-state index >= 15 is 0 Å². The molecule has 1 aliphatic carbocycles. The third-order valence-corrected chi connectivity index (χ3v) is 4.25. The molecule has 3 rings (SSSR count). The molecule has 8 heteroatoms. The summed E-state index contributed by atoms with van der Waals surface area (Å²) in [5, 5.41) is 18.3. The van der Waals surface area contributed by atoms with Crippen molar-refractivity contribution >= 4 is 23.8 Å². The molecule has 1 saturated carbocycles.